The van der Waals surface area contributed by atoms with Crippen LogP contribution in [0.5, 0.6) is 11.5 Å². The van der Waals surface area contributed by atoms with Gasteiger partial charge in [-0.2, -0.15) is 0 Å². The highest BCUT2D eigenvalue weighted by Gasteiger charge is 2.22. The second-order valence-corrected chi connectivity index (χ2v) is 5.67. The standard InChI is InChI=1S/C17H18ClNO2/c1-20-15-5-6-16(17(10-15)21-2)19-14-8-11-3-4-13(18)7-12(11)9-14/h3-7,10,14,19H,8-9H2,1-2H3. The third-order valence-electron chi connectivity index (χ3n) is 3.87. The molecule has 0 fully saturated rings. The molecule has 0 radical (unpaired) electrons. The maximum Gasteiger partial charge on any atom is 0.145 e. The molecule has 3 nitrogen and oxygen atoms in total. The summed E-state index contributed by atoms with van der Waals surface area (Å²) >= 11 is 6.06. The molecule has 0 amide bonds. The molecule has 0 heterocycles. The van der Waals surface area contributed by atoms with Crippen LogP contribution in [0.15, 0.2) is 36.4 Å². The number of hydrogen-bond donors (Lipinski definition) is 1. The summed E-state index contributed by atoms with van der Waals surface area (Å²) in [5.74, 6) is 1.59. The summed E-state index contributed by atoms with van der Waals surface area (Å²) in [5.41, 5.74) is 3.68. The van der Waals surface area contributed by atoms with E-state index < -0.39 is 0 Å². The topological polar surface area (TPSA) is 30.5 Å². The fraction of sp³-hybridized carbons (Fsp3) is 0.294. The van der Waals surface area contributed by atoms with Gasteiger partial charge in [0, 0.05) is 17.1 Å². The minimum absolute atomic E-state index is 0.362. The number of benzene rings is 2. The lowest BCUT2D eigenvalue weighted by Gasteiger charge is -2.17. The van der Waals surface area contributed by atoms with Gasteiger partial charge in [-0.3, -0.25) is 0 Å². The Balaban J connectivity index is 1.77. The van der Waals surface area contributed by atoms with Crippen LogP contribution in [0.2, 0.25) is 5.02 Å². The van der Waals surface area contributed by atoms with Crippen molar-refractivity contribution in [1.29, 1.82) is 0 Å². The van der Waals surface area contributed by atoms with Crippen molar-refractivity contribution >= 4 is 17.3 Å². The molecule has 1 aliphatic carbocycles. The smallest absolute Gasteiger partial charge is 0.145 e. The van der Waals surface area contributed by atoms with Crippen LogP contribution in [-0.4, -0.2) is 20.3 Å². The number of nitrogens with one attached hydrogen (secondary N) is 1. The van der Waals surface area contributed by atoms with E-state index in [9.17, 15) is 0 Å². The summed E-state index contributed by atoms with van der Waals surface area (Å²) in [6.45, 7) is 0. The fourth-order valence-electron chi connectivity index (χ4n) is 2.83. The Morgan fingerprint density at radius 3 is 2.57 bits per heavy atom. The molecule has 0 aliphatic heterocycles. The van der Waals surface area contributed by atoms with Crippen molar-refractivity contribution in [3.63, 3.8) is 0 Å². The zero-order chi connectivity index (χ0) is 14.8. The molecule has 0 spiro atoms. The summed E-state index contributed by atoms with van der Waals surface area (Å²) in [7, 11) is 3.32. The van der Waals surface area contributed by atoms with Crippen molar-refractivity contribution in [2.24, 2.45) is 0 Å². The Bertz CT molecular complexity index is 657. The highest BCUT2D eigenvalue weighted by Crippen LogP contribution is 2.32. The van der Waals surface area contributed by atoms with Crippen LogP contribution < -0.4 is 14.8 Å². The van der Waals surface area contributed by atoms with Gasteiger partial charge in [0.2, 0.25) is 0 Å². The predicted octanol–water partition coefficient (Wildman–Crippen LogP) is 3.94. The minimum Gasteiger partial charge on any atom is -0.497 e. The maximum atomic E-state index is 6.06. The molecule has 0 bridgehead atoms. The Labute approximate surface area is 129 Å². The molecule has 0 aromatic heterocycles. The van der Waals surface area contributed by atoms with Crippen LogP contribution in [-0.2, 0) is 12.8 Å². The van der Waals surface area contributed by atoms with E-state index in [1.165, 1.54) is 11.1 Å². The van der Waals surface area contributed by atoms with E-state index in [0.29, 0.717) is 6.04 Å². The first-order chi connectivity index (χ1) is 10.2. The van der Waals surface area contributed by atoms with Crippen molar-refractivity contribution < 1.29 is 9.47 Å². The zero-order valence-electron chi connectivity index (χ0n) is 12.2. The lowest BCUT2D eigenvalue weighted by molar-refractivity contribution is 0.395. The predicted molar refractivity (Wildman–Crippen MR) is 85.8 cm³/mol. The van der Waals surface area contributed by atoms with Gasteiger partial charge in [-0.1, -0.05) is 17.7 Å². The Kier molecular flexibility index (Phi) is 3.93. The summed E-state index contributed by atoms with van der Waals surface area (Å²) in [6, 6.07) is 12.3. The SMILES string of the molecule is COc1ccc(NC2Cc3ccc(Cl)cc3C2)c(OC)c1. The van der Waals surface area contributed by atoms with Gasteiger partial charge < -0.3 is 14.8 Å². The normalized spacial score (nSPS) is 16.4. The van der Waals surface area contributed by atoms with E-state index in [0.717, 1.165) is 35.1 Å². The average molecular weight is 304 g/mol. The van der Waals surface area contributed by atoms with Crippen LogP contribution in [0.4, 0.5) is 5.69 Å². The summed E-state index contributed by atoms with van der Waals surface area (Å²) < 4.78 is 10.7. The number of hydrogen-bond acceptors (Lipinski definition) is 3. The third-order valence-corrected chi connectivity index (χ3v) is 4.10. The number of halogens is 1. The first-order valence-corrected chi connectivity index (χ1v) is 7.33. The Morgan fingerprint density at radius 1 is 1.00 bits per heavy atom. The van der Waals surface area contributed by atoms with Crippen LogP contribution >= 0.6 is 11.6 Å². The van der Waals surface area contributed by atoms with Crippen LogP contribution in [0.25, 0.3) is 0 Å². The second-order valence-electron chi connectivity index (χ2n) is 5.23. The monoisotopic (exact) mass is 303 g/mol. The molecule has 1 N–H and O–H groups in total. The molecular weight excluding hydrogens is 286 g/mol. The number of fused-ring (bicyclic) bond motifs is 1. The summed E-state index contributed by atoms with van der Waals surface area (Å²) in [5, 5.41) is 4.36. The molecule has 1 atom stereocenters. The highest BCUT2D eigenvalue weighted by atomic mass is 35.5. The molecule has 1 unspecified atom stereocenters. The van der Waals surface area contributed by atoms with E-state index in [2.05, 4.69) is 17.4 Å². The zero-order valence-corrected chi connectivity index (χ0v) is 12.9. The summed E-state index contributed by atoms with van der Waals surface area (Å²) in [4.78, 5) is 0. The highest BCUT2D eigenvalue weighted by molar-refractivity contribution is 6.30. The first-order valence-electron chi connectivity index (χ1n) is 6.95. The van der Waals surface area contributed by atoms with Crippen LogP contribution in [0.1, 0.15) is 11.1 Å². The number of anilines is 1. The van der Waals surface area contributed by atoms with Gasteiger partial charge in [0.1, 0.15) is 11.5 Å². The first kappa shape index (κ1) is 14.1. The molecule has 1 aliphatic rings. The van der Waals surface area contributed by atoms with Gasteiger partial charge in [0.25, 0.3) is 0 Å². The molecular formula is C17H18ClNO2. The number of rotatable bonds is 4. The molecule has 3 rings (SSSR count). The van der Waals surface area contributed by atoms with Crippen molar-refractivity contribution in [1.82, 2.24) is 0 Å². The van der Waals surface area contributed by atoms with E-state index in [1.54, 1.807) is 14.2 Å². The quantitative estimate of drug-likeness (QED) is 0.928. The van der Waals surface area contributed by atoms with Crippen LogP contribution in [0.3, 0.4) is 0 Å². The summed E-state index contributed by atoms with van der Waals surface area (Å²) in [6.07, 6.45) is 1.98. The Hall–Kier alpha value is -1.87. The third kappa shape index (κ3) is 2.93. The van der Waals surface area contributed by atoms with Crippen molar-refractivity contribution in [3.8, 4) is 11.5 Å². The minimum atomic E-state index is 0.362. The lowest BCUT2D eigenvalue weighted by atomic mass is 10.1. The van der Waals surface area contributed by atoms with Gasteiger partial charge in [-0.25, -0.2) is 0 Å². The number of methoxy groups -OCH3 is 2. The molecule has 2 aromatic rings. The Morgan fingerprint density at radius 2 is 1.81 bits per heavy atom. The van der Waals surface area contributed by atoms with Crippen LogP contribution in [0, 0.1) is 0 Å². The molecule has 0 saturated carbocycles. The van der Waals surface area contributed by atoms with E-state index in [-0.39, 0.29) is 0 Å². The van der Waals surface area contributed by atoms with Gasteiger partial charge in [-0.05, 0) is 48.2 Å². The average Bonchev–Trinajstić information content (AvgIpc) is 2.89. The van der Waals surface area contributed by atoms with E-state index in [1.807, 2.05) is 24.3 Å². The molecule has 110 valence electrons. The molecule has 2 aromatic carbocycles. The van der Waals surface area contributed by atoms with Crippen molar-refractivity contribution in [3.05, 3.63) is 52.5 Å². The molecule has 0 saturated heterocycles. The van der Waals surface area contributed by atoms with Crippen molar-refractivity contribution in [2.45, 2.75) is 18.9 Å². The number of ether oxygens (including phenoxy) is 2. The molecule has 4 heteroatoms. The largest absolute Gasteiger partial charge is 0.497 e. The van der Waals surface area contributed by atoms with E-state index >= 15 is 0 Å². The molecule has 21 heavy (non-hydrogen) atoms. The van der Waals surface area contributed by atoms with Gasteiger partial charge >= 0.3 is 0 Å². The van der Waals surface area contributed by atoms with Gasteiger partial charge in [0.15, 0.2) is 0 Å². The van der Waals surface area contributed by atoms with Gasteiger partial charge in [-0.15, -0.1) is 0 Å². The van der Waals surface area contributed by atoms with Gasteiger partial charge in [0.05, 0.1) is 19.9 Å². The van der Waals surface area contributed by atoms with Crippen molar-refractivity contribution in [2.75, 3.05) is 19.5 Å². The van der Waals surface area contributed by atoms with E-state index in [4.69, 9.17) is 21.1 Å². The lowest BCUT2D eigenvalue weighted by Crippen LogP contribution is -2.19. The maximum absolute atomic E-state index is 6.06. The second kappa shape index (κ2) is 5.86. The fourth-order valence-corrected chi connectivity index (χ4v) is 3.02.